The second kappa shape index (κ2) is 7.79. The lowest BCUT2D eigenvalue weighted by molar-refractivity contribution is 0.132. The molecule has 22 heavy (non-hydrogen) atoms. The highest BCUT2D eigenvalue weighted by atomic mass is 16.3. The minimum absolute atomic E-state index is 0.159. The van der Waals surface area contributed by atoms with Crippen LogP contribution in [0.3, 0.4) is 0 Å². The van der Waals surface area contributed by atoms with Crippen LogP contribution in [0, 0.1) is 0 Å². The third-order valence-electron chi connectivity index (χ3n) is 4.57. The van der Waals surface area contributed by atoms with Gasteiger partial charge in [0, 0.05) is 37.4 Å². The first-order chi connectivity index (χ1) is 10.5. The van der Waals surface area contributed by atoms with Crippen molar-refractivity contribution in [1.82, 2.24) is 14.4 Å². The maximum absolute atomic E-state index is 11.8. The van der Waals surface area contributed by atoms with Crippen LogP contribution in [-0.2, 0) is 13.1 Å². The average molecular weight is 307 g/mol. The van der Waals surface area contributed by atoms with E-state index in [-0.39, 0.29) is 11.2 Å². The van der Waals surface area contributed by atoms with Crippen molar-refractivity contribution in [2.24, 2.45) is 0 Å². The van der Waals surface area contributed by atoms with Crippen molar-refractivity contribution in [1.29, 1.82) is 0 Å². The number of aromatic hydroxyl groups is 1. The number of nitrogens with zero attached hydrogens (tertiary/aromatic N) is 3. The Balaban J connectivity index is 2.20. The topological polar surface area (TPSA) is 48.7 Å². The molecule has 2 rings (SSSR count). The molecule has 1 fully saturated rings. The molecule has 1 aromatic heterocycles. The molecule has 0 aliphatic carbocycles. The lowest BCUT2D eigenvalue weighted by Crippen LogP contribution is -2.39. The van der Waals surface area contributed by atoms with Crippen molar-refractivity contribution in [3.05, 3.63) is 28.2 Å². The standard InChI is InChI=1S/C17H29N3O2/c1-4-14-7-5-6-8-19(14)12-15-11-16(21)17(22)13-20(15)10-9-18(2)3/h11,13-14,22H,4-10,12H2,1-3H3. The SMILES string of the molecule is CCC1CCCCN1Cc1cc(=O)c(O)cn1CCN(C)C. The molecule has 0 spiro atoms. The average Bonchev–Trinajstić information content (AvgIpc) is 2.49. The van der Waals surface area contributed by atoms with Gasteiger partial charge in [0.05, 0.1) is 6.20 Å². The smallest absolute Gasteiger partial charge is 0.223 e. The molecule has 1 aromatic rings. The van der Waals surface area contributed by atoms with Crippen LogP contribution in [-0.4, -0.2) is 52.7 Å². The molecule has 0 saturated carbocycles. The molecule has 0 amide bonds. The quantitative estimate of drug-likeness (QED) is 0.872. The summed E-state index contributed by atoms with van der Waals surface area (Å²) in [6.07, 6.45) is 6.52. The van der Waals surface area contributed by atoms with Gasteiger partial charge in [-0.05, 0) is 39.9 Å². The Morgan fingerprint density at radius 2 is 2.14 bits per heavy atom. The molecule has 1 saturated heterocycles. The van der Waals surface area contributed by atoms with E-state index >= 15 is 0 Å². The van der Waals surface area contributed by atoms with Crippen LogP contribution in [0.15, 0.2) is 17.1 Å². The molecule has 0 bridgehead atoms. The summed E-state index contributed by atoms with van der Waals surface area (Å²) in [7, 11) is 4.06. The summed E-state index contributed by atoms with van der Waals surface area (Å²) in [4.78, 5) is 16.4. The first kappa shape index (κ1) is 17.0. The van der Waals surface area contributed by atoms with E-state index in [1.54, 1.807) is 12.3 Å². The Hall–Kier alpha value is -1.33. The Morgan fingerprint density at radius 1 is 1.36 bits per heavy atom. The summed E-state index contributed by atoms with van der Waals surface area (Å²) in [6, 6.07) is 2.21. The Morgan fingerprint density at radius 3 is 2.82 bits per heavy atom. The lowest BCUT2D eigenvalue weighted by Gasteiger charge is -2.35. The van der Waals surface area contributed by atoms with Crippen LogP contribution in [0.25, 0.3) is 0 Å². The Bertz CT molecular complexity index is 539. The molecular weight excluding hydrogens is 278 g/mol. The summed E-state index contributed by atoms with van der Waals surface area (Å²) < 4.78 is 2.03. The van der Waals surface area contributed by atoms with Gasteiger partial charge >= 0.3 is 0 Å². The molecule has 0 aromatic carbocycles. The summed E-state index contributed by atoms with van der Waals surface area (Å²) in [6.45, 7) is 5.79. The highest BCUT2D eigenvalue weighted by Gasteiger charge is 2.22. The molecule has 1 unspecified atom stereocenters. The van der Waals surface area contributed by atoms with Crippen LogP contribution in [0.1, 0.15) is 38.3 Å². The van der Waals surface area contributed by atoms with E-state index in [1.807, 2.05) is 18.7 Å². The van der Waals surface area contributed by atoms with Gasteiger partial charge in [0.1, 0.15) is 0 Å². The molecule has 1 atom stereocenters. The maximum atomic E-state index is 11.8. The Labute approximate surface area is 133 Å². The first-order valence-electron chi connectivity index (χ1n) is 8.32. The van der Waals surface area contributed by atoms with Crippen molar-refractivity contribution in [3.8, 4) is 5.75 Å². The van der Waals surface area contributed by atoms with Gasteiger partial charge in [-0.25, -0.2) is 0 Å². The third kappa shape index (κ3) is 4.34. The number of hydrogen-bond acceptors (Lipinski definition) is 4. The summed E-state index contributed by atoms with van der Waals surface area (Å²) in [5.41, 5.74) is 0.728. The van der Waals surface area contributed by atoms with Crippen molar-refractivity contribution in [3.63, 3.8) is 0 Å². The number of piperidine rings is 1. The van der Waals surface area contributed by atoms with Gasteiger partial charge < -0.3 is 14.6 Å². The van der Waals surface area contributed by atoms with Crippen LogP contribution < -0.4 is 5.43 Å². The van der Waals surface area contributed by atoms with E-state index in [0.717, 1.165) is 38.3 Å². The van der Waals surface area contributed by atoms with Gasteiger partial charge in [-0.2, -0.15) is 0 Å². The number of pyridine rings is 1. The van der Waals surface area contributed by atoms with E-state index < -0.39 is 0 Å². The van der Waals surface area contributed by atoms with E-state index in [9.17, 15) is 9.90 Å². The molecular formula is C17H29N3O2. The number of hydrogen-bond donors (Lipinski definition) is 1. The zero-order chi connectivity index (χ0) is 16.1. The van der Waals surface area contributed by atoms with Crippen LogP contribution in [0.2, 0.25) is 0 Å². The Kier molecular flexibility index (Phi) is 6.03. The van der Waals surface area contributed by atoms with Gasteiger partial charge in [-0.3, -0.25) is 9.69 Å². The predicted octanol–water partition coefficient (Wildman–Crippen LogP) is 1.88. The van der Waals surface area contributed by atoms with E-state index in [0.29, 0.717) is 6.04 Å². The zero-order valence-electron chi connectivity index (χ0n) is 14.1. The molecule has 1 aliphatic rings. The molecule has 1 N–H and O–H groups in total. The monoisotopic (exact) mass is 307 g/mol. The fraction of sp³-hybridized carbons (Fsp3) is 0.706. The fourth-order valence-corrected chi connectivity index (χ4v) is 3.19. The van der Waals surface area contributed by atoms with Gasteiger partial charge in [0.25, 0.3) is 0 Å². The number of likely N-dealkylation sites (N-methyl/N-ethyl adjacent to an activating group) is 1. The fourth-order valence-electron chi connectivity index (χ4n) is 3.19. The largest absolute Gasteiger partial charge is 0.503 e. The second-order valence-electron chi connectivity index (χ2n) is 6.54. The maximum Gasteiger partial charge on any atom is 0.223 e. The molecule has 5 heteroatoms. The minimum atomic E-state index is -0.277. The highest BCUT2D eigenvalue weighted by Crippen LogP contribution is 2.21. The van der Waals surface area contributed by atoms with Gasteiger partial charge in [-0.1, -0.05) is 13.3 Å². The normalized spacial score (nSPS) is 19.7. The third-order valence-corrected chi connectivity index (χ3v) is 4.57. The second-order valence-corrected chi connectivity index (χ2v) is 6.54. The summed E-state index contributed by atoms with van der Waals surface area (Å²) in [5.74, 6) is -0.159. The van der Waals surface area contributed by atoms with Crippen molar-refractivity contribution >= 4 is 0 Å². The van der Waals surface area contributed by atoms with Crippen LogP contribution >= 0.6 is 0 Å². The van der Waals surface area contributed by atoms with Crippen molar-refractivity contribution in [2.75, 3.05) is 27.2 Å². The van der Waals surface area contributed by atoms with Crippen LogP contribution in [0.5, 0.6) is 5.75 Å². The highest BCUT2D eigenvalue weighted by molar-refractivity contribution is 5.20. The molecule has 124 valence electrons. The van der Waals surface area contributed by atoms with E-state index in [1.165, 1.54) is 19.3 Å². The van der Waals surface area contributed by atoms with Crippen LogP contribution in [0.4, 0.5) is 0 Å². The lowest BCUT2D eigenvalue weighted by atomic mass is 10.00. The first-order valence-corrected chi connectivity index (χ1v) is 8.32. The number of aromatic nitrogens is 1. The van der Waals surface area contributed by atoms with Gasteiger partial charge in [0.15, 0.2) is 5.75 Å². The molecule has 1 aliphatic heterocycles. The van der Waals surface area contributed by atoms with Crippen molar-refractivity contribution in [2.45, 2.75) is 51.7 Å². The van der Waals surface area contributed by atoms with E-state index in [2.05, 4.69) is 16.7 Å². The predicted molar refractivity (Wildman–Crippen MR) is 89.3 cm³/mol. The number of rotatable bonds is 6. The van der Waals surface area contributed by atoms with E-state index in [4.69, 9.17) is 0 Å². The zero-order valence-corrected chi connectivity index (χ0v) is 14.1. The molecule has 0 radical (unpaired) electrons. The number of likely N-dealkylation sites (tertiary alicyclic amines) is 1. The van der Waals surface area contributed by atoms with Gasteiger partial charge in [-0.15, -0.1) is 0 Å². The molecule has 5 nitrogen and oxygen atoms in total. The summed E-state index contributed by atoms with van der Waals surface area (Å²) >= 11 is 0. The van der Waals surface area contributed by atoms with Gasteiger partial charge in [0.2, 0.25) is 5.43 Å². The van der Waals surface area contributed by atoms with Crippen molar-refractivity contribution < 1.29 is 5.11 Å². The summed E-state index contributed by atoms with van der Waals surface area (Å²) in [5, 5.41) is 9.73. The molecule has 2 heterocycles. The minimum Gasteiger partial charge on any atom is -0.503 e.